The highest BCUT2D eigenvalue weighted by Gasteiger charge is 2.39. The van der Waals surface area contributed by atoms with Crippen molar-refractivity contribution in [2.45, 2.75) is 19.3 Å². The van der Waals surface area contributed by atoms with Crippen LogP contribution in [0.4, 0.5) is 4.39 Å². The maximum Gasteiger partial charge on any atom is 0.317 e. The van der Waals surface area contributed by atoms with Gasteiger partial charge in [0.1, 0.15) is 17.5 Å². The number of hydrogen-bond donors (Lipinski definition) is 0. The number of rotatable bonds is 5. The second-order valence-corrected chi connectivity index (χ2v) is 6.39. The van der Waals surface area contributed by atoms with Gasteiger partial charge in [-0.05, 0) is 60.4 Å². The lowest BCUT2D eigenvalue weighted by Crippen LogP contribution is -2.34. The van der Waals surface area contributed by atoms with Crippen molar-refractivity contribution >= 4 is 17.3 Å². The number of halogens is 1. The third kappa shape index (κ3) is 4.08. The molecule has 0 saturated carbocycles. The van der Waals surface area contributed by atoms with Gasteiger partial charge in [-0.2, -0.15) is 0 Å². The molecule has 0 bridgehead atoms. The Labute approximate surface area is 157 Å². The zero-order chi connectivity index (χ0) is 19.4. The van der Waals surface area contributed by atoms with Crippen LogP contribution in [0.2, 0.25) is 0 Å². The van der Waals surface area contributed by atoms with E-state index in [-0.39, 0.29) is 24.1 Å². The molecule has 2 atom stereocenters. The van der Waals surface area contributed by atoms with Crippen LogP contribution in [0.3, 0.4) is 0 Å². The van der Waals surface area contributed by atoms with E-state index in [9.17, 15) is 14.0 Å². The molecule has 3 rings (SSSR count). The highest BCUT2D eigenvalue weighted by Crippen LogP contribution is 2.40. The molecule has 140 valence electrons. The summed E-state index contributed by atoms with van der Waals surface area (Å²) in [4.78, 5) is 25.2. The molecule has 0 aromatic heterocycles. The number of hydrogen-bond acceptors (Lipinski definition) is 4. The molecule has 2 aromatic carbocycles. The molecule has 0 fully saturated rings. The van der Waals surface area contributed by atoms with Gasteiger partial charge in [0.25, 0.3) is 0 Å². The maximum atomic E-state index is 13.2. The van der Waals surface area contributed by atoms with Crippen LogP contribution >= 0.6 is 0 Å². The lowest BCUT2D eigenvalue weighted by atomic mass is 9.73. The highest BCUT2D eigenvalue weighted by atomic mass is 19.1. The SMILES string of the molecule is CCOC(=O)[C@H]1C(=O)C=C(c2ccc(F)cc2)C[C@H]1c1ccc(OC)cc1. The van der Waals surface area contributed by atoms with Crippen LogP contribution < -0.4 is 4.74 Å². The van der Waals surface area contributed by atoms with E-state index < -0.39 is 11.9 Å². The zero-order valence-electron chi connectivity index (χ0n) is 15.3. The van der Waals surface area contributed by atoms with Crippen LogP contribution in [-0.2, 0) is 14.3 Å². The van der Waals surface area contributed by atoms with Crippen LogP contribution in [0.15, 0.2) is 54.6 Å². The normalized spacial score (nSPS) is 19.4. The number of allylic oxidation sites excluding steroid dienone is 2. The maximum absolute atomic E-state index is 13.2. The molecule has 0 amide bonds. The minimum atomic E-state index is -0.887. The van der Waals surface area contributed by atoms with Crippen molar-refractivity contribution in [3.05, 3.63) is 71.6 Å². The summed E-state index contributed by atoms with van der Waals surface area (Å²) >= 11 is 0. The minimum Gasteiger partial charge on any atom is -0.497 e. The van der Waals surface area contributed by atoms with Gasteiger partial charge < -0.3 is 9.47 Å². The Morgan fingerprint density at radius 2 is 1.78 bits per heavy atom. The Morgan fingerprint density at radius 3 is 2.37 bits per heavy atom. The summed E-state index contributed by atoms with van der Waals surface area (Å²) in [5, 5.41) is 0. The molecule has 0 saturated heterocycles. The fourth-order valence-electron chi connectivity index (χ4n) is 3.41. The second-order valence-electron chi connectivity index (χ2n) is 6.39. The van der Waals surface area contributed by atoms with Crippen molar-refractivity contribution < 1.29 is 23.5 Å². The molecule has 5 heteroatoms. The summed E-state index contributed by atoms with van der Waals surface area (Å²) in [5.74, 6) is -1.69. The van der Waals surface area contributed by atoms with Gasteiger partial charge in [0.15, 0.2) is 5.78 Å². The molecule has 0 heterocycles. The summed E-state index contributed by atoms with van der Waals surface area (Å²) < 4.78 is 23.6. The first-order valence-corrected chi connectivity index (χ1v) is 8.84. The molecule has 1 aliphatic carbocycles. The quantitative estimate of drug-likeness (QED) is 0.588. The van der Waals surface area contributed by atoms with Gasteiger partial charge in [-0.3, -0.25) is 9.59 Å². The lowest BCUT2D eigenvalue weighted by Gasteiger charge is -2.29. The Bertz CT molecular complexity index is 853. The van der Waals surface area contributed by atoms with Crippen LogP contribution in [0.1, 0.15) is 30.4 Å². The van der Waals surface area contributed by atoms with E-state index in [1.165, 1.54) is 18.2 Å². The number of methoxy groups -OCH3 is 1. The van der Waals surface area contributed by atoms with E-state index in [2.05, 4.69) is 0 Å². The fraction of sp³-hybridized carbons (Fsp3) is 0.273. The summed E-state index contributed by atoms with van der Waals surface area (Å²) in [7, 11) is 1.58. The van der Waals surface area contributed by atoms with Gasteiger partial charge in [0, 0.05) is 5.92 Å². The number of carbonyl (C=O) groups is 2. The van der Waals surface area contributed by atoms with E-state index in [4.69, 9.17) is 9.47 Å². The fourth-order valence-corrected chi connectivity index (χ4v) is 3.41. The van der Waals surface area contributed by atoms with Crippen LogP contribution in [0.25, 0.3) is 5.57 Å². The van der Waals surface area contributed by atoms with Crippen molar-refractivity contribution in [1.29, 1.82) is 0 Å². The summed E-state index contributed by atoms with van der Waals surface area (Å²) in [6.07, 6.45) is 1.96. The van der Waals surface area contributed by atoms with Gasteiger partial charge in [0.2, 0.25) is 0 Å². The second kappa shape index (κ2) is 8.16. The van der Waals surface area contributed by atoms with Gasteiger partial charge in [0.05, 0.1) is 13.7 Å². The molecule has 0 spiro atoms. The zero-order valence-corrected chi connectivity index (χ0v) is 15.3. The van der Waals surface area contributed by atoms with Crippen LogP contribution in [0.5, 0.6) is 5.75 Å². The van der Waals surface area contributed by atoms with Gasteiger partial charge in [-0.1, -0.05) is 24.3 Å². The van der Waals surface area contributed by atoms with Crippen molar-refractivity contribution in [3.8, 4) is 5.75 Å². The standard InChI is InChI=1S/C22H21FO4/c1-3-27-22(25)21-19(15-6-10-18(26-2)11-7-15)12-16(13-20(21)24)14-4-8-17(23)9-5-14/h4-11,13,19,21H,3,12H2,1-2H3/t19-,21+/m0/s1. The van der Waals surface area contributed by atoms with Gasteiger partial charge in [-0.25, -0.2) is 4.39 Å². The average Bonchev–Trinajstić information content (AvgIpc) is 2.68. The number of ketones is 1. The van der Waals surface area contributed by atoms with Crippen molar-refractivity contribution in [1.82, 2.24) is 0 Å². The first-order chi connectivity index (χ1) is 13.0. The third-order valence-corrected chi connectivity index (χ3v) is 4.76. The molecule has 1 aliphatic rings. The smallest absolute Gasteiger partial charge is 0.317 e. The molecule has 27 heavy (non-hydrogen) atoms. The molecular formula is C22H21FO4. The molecule has 0 N–H and O–H groups in total. The van der Waals surface area contributed by atoms with E-state index in [0.717, 1.165) is 16.7 Å². The number of benzene rings is 2. The lowest BCUT2D eigenvalue weighted by molar-refractivity contribution is -0.151. The number of ether oxygens (including phenoxy) is 2. The largest absolute Gasteiger partial charge is 0.497 e. The Hall–Kier alpha value is -2.95. The topological polar surface area (TPSA) is 52.6 Å². The Kier molecular flexibility index (Phi) is 5.69. The predicted molar refractivity (Wildman–Crippen MR) is 99.9 cm³/mol. The molecular weight excluding hydrogens is 347 g/mol. The average molecular weight is 368 g/mol. The highest BCUT2D eigenvalue weighted by molar-refractivity contribution is 6.10. The number of esters is 1. The predicted octanol–water partition coefficient (Wildman–Crippen LogP) is 4.15. The summed E-state index contributed by atoms with van der Waals surface area (Å²) in [6, 6.07) is 13.3. The van der Waals surface area contributed by atoms with Gasteiger partial charge >= 0.3 is 5.97 Å². The summed E-state index contributed by atoms with van der Waals surface area (Å²) in [5.41, 5.74) is 2.40. The molecule has 0 aliphatic heterocycles. The molecule has 4 nitrogen and oxygen atoms in total. The molecule has 2 aromatic rings. The minimum absolute atomic E-state index is 0.215. The van der Waals surface area contributed by atoms with Crippen molar-refractivity contribution in [3.63, 3.8) is 0 Å². The van der Waals surface area contributed by atoms with Crippen molar-refractivity contribution in [2.24, 2.45) is 5.92 Å². The van der Waals surface area contributed by atoms with Gasteiger partial charge in [-0.15, -0.1) is 0 Å². The van der Waals surface area contributed by atoms with E-state index in [0.29, 0.717) is 12.2 Å². The van der Waals surface area contributed by atoms with Crippen molar-refractivity contribution in [2.75, 3.05) is 13.7 Å². The van der Waals surface area contributed by atoms with Crippen LogP contribution in [0, 0.1) is 11.7 Å². The third-order valence-electron chi connectivity index (χ3n) is 4.76. The Balaban J connectivity index is 1.99. The van der Waals surface area contributed by atoms with E-state index in [1.807, 2.05) is 12.1 Å². The molecule has 0 unspecified atom stereocenters. The first kappa shape index (κ1) is 18.8. The van der Waals surface area contributed by atoms with Crippen LogP contribution in [-0.4, -0.2) is 25.5 Å². The number of carbonyl (C=O) groups excluding carboxylic acids is 2. The summed E-state index contributed by atoms with van der Waals surface area (Å²) in [6.45, 7) is 1.93. The van der Waals surface area contributed by atoms with E-state index >= 15 is 0 Å². The molecule has 0 radical (unpaired) electrons. The monoisotopic (exact) mass is 368 g/mol. The van der Waals surface area contributed by atoms with E-state index in [1.54, 1.807) is 38.3 Å². The first-order valence-electron chi connectivity index (χ1n) is 8.84. The Morgan fingerprint density at radius 1 is 1.11 bits per heavy atom.